The SMILES string of the molecule is COc1ccc2c(c1)[C@@H](NC(=O)OCCN1CCN(C)CC1)CCc1cc(OC)c(OC)c(OC)c1-2. The molecule has 0 aromatic heterocycles. The lowest BCUT2D eigenvalue weighted by molar-refractivity contribution is 0.102. The highest BCUT2D eigenvalue weighted by Gasteiger charge is 2.30. The minimum absolute atomic E-state index is 0.264. The first-order valence-electron chi connectivity index (χ1n) is 12.3. The summed E-state index contributed by atoms with van der Waals surface area (Å²) in [6.45, 7) is 5.14. The number of methoxy groups -OCH3 is 4. The molecule has 196 valence electrons. The van der Waals surface area contributed by atoms with E-state index in [-0.39, 0.29) is 6.04 Å². The molecule has 1 aliphatic heterocycles. The van der Waals surface area contributed by atoms with Crippen molar-refractivity contribution in [3.8, 4) is 34.1 Å². The van der Waals surface area contributed by atoms with E-state index >= 15 is 0 Å². The molecule has 1 fully saturated rings. The van der Waals surface area contributed by atoms with Crippen molar-refractivity contribution in [2.45, 2.75) is 18.9 Å². The highest BCUT2D eigenvalue weighted by atomic mass is 16.5. The normalized spacial score (nSPS) is 17.9. The van der Waals surface area contributed by atoms with E-state index < -0.39 is 6.09 Å². The average molecular weight is 500 g/mol. The number of hydrogen-bond acceptors (Lipinski definition) is 8. The summed E-state index contributed by atoms with van der Waals surface area (Å²) in [5, 5.41) is 3.09. The van der Waals surface area contributed by atoms with E-state index in [0.29, 0.717) is 42.4 Å². The predicted molar refractivity (Wildman–Crippen MR) is 138 cm³/mol. The van der Waals surface area contributed by atoms with Gasteiger partial charge in [-0.3, -0.25) is 4.90 Å². The Morgan fingerprint density at radius 2 is 1.72 bits per heavy atom. The summed E-state index contributed by atoms with van der Waals surface area (Å²) in [6, 6.07) is 7.60. The Labute approximate surface area is 213 Å². The quantitative estimate of drug-likeness (QED) is 0.592. The lowest BCUT2D eigenvalue weighted by Crippen LogP contribution is -2.45. The van der Waals surface area contributed by atoms with Crippen LogP contribution in [0.1, 0.15) is 23.6 Å². The molecule has 36 heavy (non-hydrogen) atoms. The number of piperazine rings is 1. The van der Waals surface area contributed by atoms with Crippen LogP contribution < -0.4 is 24.3 Å². The van der Waals surface area contributed by atoms with E-state index in [2.05, 4.69) is 22.2 Å². The molecule has 4 rings (SSSR count). The summed E-state index contributed by atoms with van der Waals surface area (Å²) in [5.41, 5.74) is 3.88. The first kappa shape index (κ1) is 25.9. The number of carbonyl (C=O) groups excluding carboxylic acids is 1. The maximum absolute atomic E-state index is 12.8. The first-order chi connectivity index (χ1) is 17.5. The molecule has 1 aliphatic carbocycles. The molecule has 0 bridgehead atoms. The van der Waals surface area contributed by atoms with E-state index in [1.807, 2.05) is 24.3 Å². The smallest absolute Gasteiger partial charge is 0.407 e. The second kappa shape index (κ2) is 11.7. The third kappa shape index (κ3) is 5.47. The van der Waals surface area contributed by atoms with Gasteiger partial charge in [-0.2, -0.15) is 0 Å². The van der Waals surface area contributed by atoms with Crippen LogP contribution in [0.2, 0.25) is 0 Å². The van der Waals surface area contributed by atoms with Gasteiger partial charge in [0.15, 0.2) is 11.5 Å². The van der Waals surface area contributed by atoms with Crippen LogP contribution in [0.15, 0.2) is 24.3 Å². The minimum Gasteiger partial charge on any atom is -0.497 e. The van der Waals surface area contributed by atoms with Gasteiger partial charge >= 0.3 is 6.09 Å². The largest absolute Gasteiger partial charge is 0.497 e. The van der Waals surface area contributed by atoms with Gasteiger partial charge in [-0.1, -0.05) is 6.07 Å². The molecule has 9 nitrogen and oxygen atoms in total. The number of nitrogens with zero attached hydrogens (tertiary/aromatic N) is 2. The van der Waals surface area contributed by atoms with Crippen LogP contribution in [-0.2, 0) is 11.2 Å². The zero-order valence-electron chi connectivity index (χ0n) is 21.9. The van der Waals surface area contributed by atoms with Crippen molar-refractivity contribution in [2.24, 2.45) is 0 Å². The summed E-state index contributed by atoms with van der Waals surface area (Å²) in [5.74, 6) is 2.47. The summed E-state index contributed by atoms with van der Waals surface area (Å²) in [4.78, 5) is 17.5. The van der Waals surface area contributed by atoms with Crippen molar-refractivity contribution in [3.63, 3.8) is 0 Å². The van der Waals surface area contributed by atoms with E-state index in [4.69, 9.17) is 23.7 Å². The second-order valence-electron chi connectivity index (χ2n) is 9.15. The summed E-state index contributed by atoms with van der Waals surface area (Å²) in [6.07, 6.45) is 0.963. The standard InChI is InChI=1S/C27H37N3O6/c1-29-10-12-30(13-11-29)14-15-36-27(31)28-22-9-6-18-16-23(33-3)25(34-4)26(35-5)24(18)20-8-7-19(32-2)17-21(20)22/h7-8,16-17,22H,6,9-15H2,1-5H3,(H,28,31)/t22-/m0/s1. The number of amides is 1. The lowest BCUT2D eigenvalue weighted by atomic mass is 9.93. The molecule has 0 unspecified atom stereocenters. The van der Waals surface area contributed by atoms with Crippen molar-refractivity contribution in [1.29, 1.82) is 0 Å². The topological polar surface area (TPSA) is 81.7 Å². The Kier molecular flexibility index (Phi) is 8.43. The Hall–Kier alpha value is -3.17. The predicted octanol–water partition coefficient (Wildman–Crippen LogP) is 3.35. The summed E-state index contributed by atoms with van der Waals surface area (Å²) < 4.78 is 28.1. The number of alkyl carbamates (subject to hydrolysis) is 1. The number of ether oxygens (including phenoxy) is 5. The number of rotatable bonds is 8. The van der Waals surface area contributed by atoms with Crippen LogP contribution in [0, 0.1) is 0 Å². The number of nitrogens with one attached hydrogen (secondary N) is 1. The number of fused-ring (bicyclic) bond motifs is 3. The van der Waals surface area contributed by atoms with Crippen molar-refractivity contribution in [2.75, 3.05) is 74.8 Å². The molecule has 1 N–H and O–H groups in total. The highest BCUT2D eigenvalue weighted by molar-refractivity contribution is 5.83. The second-order valence-corrected chi connectivity index (χ2v) is 9.15. The molecule has 2 aromatic carbocycles. The molecule has 0 radical (unpaired) electrons. The molecule has 1 heterocycles. The van der Waals surface area contributed by atoms with Gasteiger partial charge in [-0.25, -0.2) is 4.79 Å². The van der Waals surface area contributed by atoms with Crippen LogP contribution in [0.25, 0.3) is 11.1 Å². The first-order valence-corrected chi connectivity index (χ1v) is 12.3. The molecule has 9 heteroatoms. The molecule has 2 aromatic rings. The molecule has 2 aliphatic rings. The van der Waals surface area contributed by atoms with Gasteiger partial charge in [0.1, 0.15) is 12.4 Å². The Morgan fingerprint density at radius 1 is 0.972 bits per heavy atom. The molecule has 1 atom stereocenters. The average Bonchev–Trinajstić information content (AvgIpc) is 3.05. The fourth-order valence-corrected chi connectivity index (χ4v) is 5.01. The maximum Gasteiger partial charge on any atom is 0.407 e. The van der Waals surface area contributed by atoms with Crippen molar-refractivity contribution >= 4 is 6.09 Å². The third-order valence-corrected chi connectivity index (χ3v) is 7.05. The van der Waals surface area contributed by atoms with Gasteiger partial charge in [0.2, 0.25) is 5.75 Å². The third-order valence-electron chi connectivity index (χ3n) is 7.05. The number of likely N-dealkylation sites (N-methyl/N-ethyl adjacent to an activating group) is 1. The van der Waals surface area contributed by atoms with Crippen LogP contribution in [0.3, 0.4) is 0 Å². The summed E-state index contributed by atoms with van der Waals surface area (Å²) in [7, 11) is 8.60. The Balaban J connectivity index is 1.57. The number of hydrogen-bond donors (Lipinski definition) is 1. The van der Waals surface area contributed by atoms with Crippen molar-refractivity contribution < 1.29 is 28.5 Å². The monoisotopic (exact) mass is 499 g/mol. The van der Waals surface area contributed by atoms with E-state index in [9.17, 15) is 4.79 Å². The highest BCUT2D eigenvalue weighted by Crippen LogP contribution is 2.50. The number of aryl methyl sites for hydroxylation is 1. The van der Waals surface area contributed by atoms with Gasteiger partial charge in [0.25, 0.3) is 0 Å². The van der Waals surface area contributed by atoms with Crippen molar-refractivity contribution in [1.82, 2.24) is 15.1 Å². The lowest BCUT2D eigenvalue weighted by Gasteiger charge is -2.32. The number of benzene rings is 2. The Morgan fingerprint density at radius 3 is 2.39 bits per heavy atom. The van der Waals surface area contributed by atoms with Crippen LogP contribution in [-0.4, -0.2) is 90.7 Å². The van der Waals surface area contributed by atoms with Crippen LogP contribution in [0.5, 0.6) is 23.0 Å². The molecule has 1 saturated heterocycles. The summed E-state index contributed by atoms with van der Waals surface area (Å²) >= 11 is 0. The molecular weight excluding hydrogens is 462 g/mol. The van der Waals surface area contributed by atoms with Gasteiger partial charge in [-0.15, -0.1) is 0 Å². The van der Waals surface area contributed by atoms with E-state index in [1.165, 1.54) is 0 Å². The van der Waals surface area contributed by atoms with Crippen LogP contribution >= 0.6 is 0 Å². The van der Waals surface area contributed by atoms with Gasteiger partial charge in [-0.05, 0) is 54.8 Å². The fraction of sp³-hybridized carbons (Fsp3) is 0.519. The van der Waals surface area contributed by atoms with E-state index in [1.54, 1.807) is 28.4 Å². The van der Waals surface area contributed by atoms with E-state index in [0.717, 1.165) is 55.0 Å². The molecule has 1 amide bonds. The Bertz CT molecular complexity index is 1070. The van der Waals surface area contributed by atoms with Gasteiger partial charge in [0, 0.05) is 38.3 Å². The van der Waals surface area contributed by atoms with Crippen LogP contribution in [0.4, 0.5) is 4.79 Å². The van der Waals surface area contributed by atoms with Crippen molar-refractivity contribution in [3.05, 3.63) is 35.4 Å². The maximum atomic E-state index is 12.8. The van der Waals surface area contributed by atoms with Gasteiger partial charge < -0.3 is 33.9 Å². The zero-order chi connectivity index (χ0) is 25.7. The fourth-order valence-electron chi connectivity index (χ4n) is 5.01. The molecular formula is C27H37N3O6. The zero-order valence-corrected chi connectivity index (χ0v) is 21.9. The number of carbonyl (C=O) groups is 1. The minimum atomic E-state index is -0.420. The molecule has 0 saturated carbocycles. The van der Waals surface area contributed by atoms with Gasteiger partial charge in [0.05, 0.1) is 34.5 Å². The molecule has 0 spiro atoms.